The van der Waals surface area contributed by atoms with E-state index in [1.54, 1.807) is 18.2 Å². The van der Waals surface area contributed by atoms with Crippen LogP contribution in [0.3, 0.4) is 0 Å². The Morgan fingerprint density at radius 1 is 0.844 bits per heavy atom. The molecule has 0 aromatic heterocycles. The topological polar surface area (TPSA) is 212 Å². The quantitative estimate of drug-likeness (QED) is 0.210. The zero-order valence-corrected chi connectivity index (χ0v) is 25.0. The first-order valence-electron chi connectivity index (χ1n) is 14.3. The van der Waals surface area contributed by atoms with Gasteiger partial charge in [-0.15, -0.1) is 0 Å². The van der Waals surface area contributed by atoms with Crippen LogP contribution in [-0.4, -0.2) is 126 Å². The third-order valence-electron chi connectivity index (χ3n) is 8.16. The SMILES string of the molecule is COc1ccc(C2CC(=O)c3c(O)cc(O[C@@H]4O[C@H](CO[C@@H]5O[C@@H](C)[C@H](O)[C@@H](O)[C@H]5OC)[C@@H](O)[C@H](O)[C@H]4O)cc3O2)cc1OC. The number of carbonyl (C=O) groups is 1. The van der Waals surface area contributed by atoms with E-state index in [9.17, 15) is 35.4 Å². The van der Waals surface area contributed by atoms with Crippen molar-refractivity contribution >= 4 is 5.78 Å². The van der Waals surface area contributed by atoms with Crippen LogP contribution in [0.25, 0.3) is 0 Å². The first-order chi connectivity index (χ1) is 21.5. The number of ether oxygens (including phenoxy) is 8. The second kappa shape index (κ2) is 13.6. The zero-order valence-electron chi connectivity index (χ0n) is 25.0. The third kappa shape index (κ3) is 6.54. The van der Waals surface area contributed by atoms with Gasteiger partial charge in [0.05, 0.1) is 33.4 Å². The van der Waals surface area contributed by atoms with Crippen LogP contribution in [0.5, 0.6) is 28.7 Å². The number of hydrogen-bond donors (Lipinski definition) is 6. The summed E-state index contributed by atoms with van der Waals surface area (Å²) in [6.45, 7) is 1.14. The molecule has 0 radical (unpaired) electrons. The Balaban J connectivity index is 1.31. The number of phenolic OH excluding ortho intramolecular Hbond substituents is 1. The van der Waals surface area contributed by atoms with Crippen LogP contribution >= 0.6 is 0 Å². The number of Topliss-reactive ketones (excluding diaryl/α,β-unsaturated/α-hetero) is 1. The van der Waals surface area contributed by atoms with Crippen molar-refractivity contribution in [3.05, 3.63) is 41.5 Å². The molecule has 3 aliphatic rings. The van der Waals surface area contributed by atoms with Crippen molar-refractivity contribution in [1.82, 2.24) is 0 Å². The summed E-state index contributed by atoms with van der Waals surface area (Å²) >= 11 is 0. The molecule has 2 aromatic carbocycles. The van der Waals surface area contributed by atoms with Crippen LogP contribution in [0.15, 0.2) is 30.3 Å². The van der Waals surface area contributed by atoms with E-state index in [0.717, 1.165) is 6.07 Å². The molecular weight excluding hydrogens is 600 g/mol. The number of aromatic hydroxyl groups is 1. The predicted octanol–water partition coefficient (Wildman–Crippen LogP) is -0.199. The first kappa shape index (κ1) is 33.1. The van der Waals surface area contributed by atoms with E-state index in [1.807, 2.05) is 0 Å². The molecule has 0 bridgehead atoms. The fourth-order valence-electron chi connectivity index (χ4n) is 5.58. The monoisotopic (exact) mass is 638 g/mol. The number of ketones is 1. The minimum atomic E-state index is -1.73. The van der Waals surface area contributed by atoms with E-state index >= 15 is 0 Å². The number of aliphatic hydroxyl groups excluding tert-OH is 5. The Hall–Kier alpha value is -3.25. The fraction of sp³-hybridized carbons (Fsp3) is 0.567. The second-order valence-corrected chi connectivity index (χ2v) is 11.0. The lowest BCUT2D eigenvalue weighted by molar-refractivity contribution is -0.321. The largest absolute Gasteiger partial charge is 0.507 e. The summed E-state index contributed by atoms with van der Waals surface area (Å²) in [5.74, 6) is 0.0717. The molecule has 248 valence electrons. The Labute approximate surface area is 258 Å². The van der Waals surface area contributed by atoms with E-state index < -0.39 is 79.9 Å². The fourth-order valence-corrected chi connectivity index (χ4v) is 5.58. The van der Waals surface area contributed by atoms with E-state index in [4.69, 9.17) is 37.9 Å². The van der Waals surface area contributed by atoms with Gasteiger partial charge in [0.25, 0.3) is 0 Å². The number of carbonyl (C=O) groups excluding carboxylic acids is 1. The van der Waals surface area contributed by atoms with E-state index in [1.165, 1.54) is 34.3 Å². The van der Waals surface area contributed by atoms with Gasteiger partial charge in [0.1, 0.15) is 71.6 Å². The molecule has 6 N–H and O–H groups in total. The summed E-state index contributed by atoms with van der Waals surface area (Å²) in [7, 11) is 4.28. The molecule has 5 rings (SSSR count). The van der Waals surface area contributed by atoms with Gasteiger partial charge >= 0.3 is 0 Å². The normalized spacial score (nSPS) is 34.9. The summed E-state index contributed by atoms with van der Waals surface area (Å²) in [6, 6.07) is 7.56. The molecule has 2 saturated heterocycles. The summed E-state index contributed by atoms with van der Waals surface area (Å²) < 4.78 is 44.7. The molecule has 45 heavy (non-hydrogen) atoms. The number of phenols is 1. The van der Waals surface area contributed by atoms with Gasteiger partial charge in [0, 0.05) is 19.2 Å². The minimum Gasteiger partial charge on any atom is -0.507 e. The van der Waals surface area contributed by atoms with Gasteiger partial charge in [-0.25, -0.2) is 0 Å². The number of methoxy groups -OCH3 is 3. The second-order valence-electron chi connectivity index (χ2n) is 11.0. The van der Waals surface area contributed by atoms with Gasteiger partial charge in [-0.05, 0) is 24.6 Å². The number of aliphatic hydroxyl groups is 5. The lowest BCUT2D eigenvalue weighted by Crippen LogP contribution is -2.61. The molecule has 1 unspecified atom stereocenters. The lowest BCUT2D eigenvalue weighted by Gasteiger charge is -2.43. The average Bonchev–Trinajstić information content (AvgIpc) is 3.02. The van der Waals surface area contributed by atoms with Gasteiger partial charge in [0.2, 0.25) is 6.29 Å². The maximum Gasteiger partial charge on any atom is 0.229 e. The number of fused-ring (bicyclic) bond motifs is 1. The van der Waals surface area contributed by atoms with Crippen molar-refractivity contribution in [1.29, 1.82) is 0 Å². The van der Waals surface area contributed by atoms with Crippen LogP contribution in [0.1, 0.15) is 35.4 Å². The van der Waals surface area contributed by atoms with Crippen LogP contribution < -0.4 is 18.9 Å². The maximum atomic E-state index is 13.0. The molecule has 0 amide bonds. The Bertz CT molecular complexity index is 1350. The Kier molecular flexibility index (Phi) is 10.0. The zero-order chi connectivity index (χ0) is 32.6. The summed E-state index contributed by atoms with van der Waals surface area (Å²) in [5, 5.41) is 62.9. The third-order valence-corrected chi connectivity index (χ3v) is 8.16. The van der Waals surface area contributed by atoms with Gasteiger partial charge in [0.15, 0.2) is 23.6 Å². The van der Waals surface area contributed by atoms with Gasteiger partial charge in [-0.3, -0.25) is 4.79 Å². The van der Waals surface area contributed by atoms with Crippen molar-refractivity contribution in [2.45, 2.75) is 80.9 Å². The average molecular weight is 639 g/mol. The van der Waals surface area contributed by atoms with Gasteiger partial charge in [-0.1, -0.05) is 6.07 Å². The van der Waals surface area contributed by atoms with Crippen molar-refractivity contribution in [2.75, 3.05) is 27.9 Å². The molecule has 15 heteroatoms. The number of rotatable bonds is 9. The number of hydrogen-bond acceptors (Lipinski definition) is 15. The minimum absolute atomic E-state index is 0.0155. The Morgan fingerprint density at radius 3 is 2.27 bits per heavy atom. The predicted molar refractivity (Wildman–Crippen MR) is 150 cm³/mol. The molecule has 0 spiro atoms. The van der Waals surface area contributed by atoms with E-state index in [-0.39, 0.29) is 29.3 Å². The number of benzene rings is 2. The molecule has 0 saturated carbocycles. The summed E-state index contributed by atoms with van der Waals surface area (Å²) in [4.78, 5) is 13.0. The maximum absolute atomic E-state index is 13.0. The first-order valence-corrected chi connectivity index (χ1v) is 14.3. The van der Waals surface area contributed by atoms with Crippen LogP contribution in [0, 0.1) is 0 Å². The lowest BCUT2D eigenvalue weighted by atomic mass is 9.95. The van der Waals surface area contributed by atoms with Crippen molar-refractivity contribution in [3.63, 3.8) is 0 Å². The smallest absolute Gasteiger partial charge is 0.229 e. The highest BCUT2D eigenvalue weighted by Gasteiger charge is 2.48. The molecule has 0 aliphatic carbocycles. The highest BCUT2D eigenvalue weighted by molar-refractivity contribution is 6.02. The molecular formula is C30H38O15. The van der Waals surface area contributed by atoms with E-state index in [2.05, 4.69) is 0 Å². The molecule has 2 fully saturated rings. The highest BCUT2D eigenvalue weighted by Crippen LogP contribution is 2.43. The Morgan fingerprint density at radius 2 is 1.58 bits per heavy atom. The van der Waals surface area contributed by atoms with E-state index in [0.29, 0.717) is 17.1 Å². The standard InChI is InChI=1S/C30H38O15/c1-12-23(33)26(36)28(40-4)30(42-12)41-11-21-24(34)25(35)27(37)29(45-21)43-14-8-15(31)22-16(32)10-18(44-20(22)9-14)13-5-6-17(38-2)19(7-13)39-3/h5-9,12,18,21,23-31,33-37H,10-11H2,1-4H3/t12-,18?,21+,23-,24+,25-,26+,27+,28+,29+,30+/m0/s1. The highest BCUT2D eigenvalue weighted by atomic mass is 16.7. The van der Waals surface area contributed by atoms with Crippen molar-refractivity contribution < 1.29 is 73.3 Å². The van der Waals surface area contributed by atoms with Crippen LogP contribution in [0.4, 0.5) is 0 Å². The summed E-state index contributed by atoms with van der Waals surface area (Å²) in [5.41, 5.74) is 0.574. The van der Waals surface area contributed by atoms with Gasteiger partial charge < -0.3 is 68.5 Å². The molecule has 3 heterocycles. The van der Waals surface area contributed by atoms with Crippen LogP contribution in [0.2, 0.25) is 0 Å². The molecule has 11 atom stereocenters. The van der Waals surface area contributed by atoms with Crippen molar-refractivity contribution in [2.24, 2.45) is 0 Å². The van der Waals surface area contributed by atoms with Crippen LogP contribution in [-0.2, 0) is 18.9 Å². The van der Waals surface area contributed by atoms with Crippen molar-refractivity contribution in [3.8, 4) is 28.7 Å². The van der Waals surface area contributed by atoms with Gasteiger partial charge in [-0.2, -0.15) is 0 Å². The molecule has 15 nitrogen and oxygen atoms in total. The summed E-state index contributed by atoms with van der Waals surface area (Å²) in [6.07, 6.45) is -14.2. The molecule has 3 aliphatic heterocycles. The molecule has 2 aromatic rings.